The summed E-state index contributed by atoms with van der Waals surface area (Å²) in [5.74, 6) is -1.82. The van der Waals surface area contributed by atoms with Gasteiger partial charge >= 0.3 is 0 Å². The minimum absolute atomic E-state index is 0.170. The Morgan fingerprint density at radius 3 is 2.55 bits per heavy atom. The number of rotatable bonds is 4. The average Bonchev–Trinajstić information content (AvgIpc) is 3.28. The lowest BCUT2D eigenvalue weighted by Gasteiger charge is -2.33. The normalized spacial score (nSPS) is 19.3. The number of amides is 1. The molecule has 2 aromatic carbocycles. The van der Waals surface area contributed by atoms with E-state index in [1.54, 1.807) is 6.07 Å². The fourth-order valence-electron chi connectivity index (χ4n) is 4.30. The largest absolute Gasteiger partial charge is 0.351 e. The maximum absolute atomic E-state index is 13.4. The zero-order valence-corrected chi connectivity index (χ0v) is 16.3. The molecule has 1 fully saturated rings. The highest BCUT2D eigenvalue weighted by Gasteiger charge is 2.42. The molecule has 0 saturated heterocycles. The first-order valence-electron chi connectivity index (χ1n) is 9.70. The molecule has 4 rings (SSSR count). The molecule has 3 aromatic rings. The lowest BCUT2D eigenvalue weighted by molar-refractivity contribution is -0.117. The van der Waals surface area contributed by atoms with Gasteiger partial charge in [-0.15, -0.1) is 0 Å². The molecule has 150 valence electrons. The van der Waals surface area contributed by atoms with Crippen molar-refractivity contribution in [3.63, 3.8) is 0 Å². The highest BCUT2D eigenvalue weighted by atomic mass is 19.2. The first kappa shape index (κ1) is 19.3. The Hall–Kier alpha value is -3.02. The Balaban J connectivity index is 1.63. The van der Waals surface area contributed by atoms with Crippen LogP contribution >= 0.6 is 0 Å². The van der Waals surface area contributed by atoms with Crippen LogP contribution in [0.2, 0.25) is 0 Å². The van der Waals surface area contributed by atoms with Gasteiger partial charge in [-0.05, 0) is 48.2 Å². The Labute approximate surface area is 167 Å². The third kappa shape index (κ3) is 3.43. The van der Waals surface area contributed by atoms with Crippen molar-refractivity contribution in [3.8, 4) is 0 Å². The number of benzene rings is 2. The van der Waals surface area contributed by atoms with Crippen molar-refractivity contribution in [3.05, 3.63) is 65.4 Å². The van der Waals surface area contributed by atoms with Crippen LogP contribution < -0.4 is 5.32 Å². The Bertz CT molecular complexity index is 1120. The maximum Gasteiger partial charge on any atom is 0.272 e. The molecule has 2 N–H and O–H groups in total. The highest BCUT2D eigenvalue weighted by molar-refractivity contribution is 6.06. The van der Waals surface area contributed by atoms with Gasteiger partial charge < -0.3 is 10.3 Å². The zero-order chi connectivity index (χ0) is 20.8. The number of carbonyl (C=O) groups excluding carboxylic acids is 2. The molecule has 0 aliphatic heterocycles. The van der Waals surface area contributed by atoms with Crippen LogP contribution in [0.25, 0.3) is 10.9 Å². The van der Waals surface area contributed by atoms with Gasteiger partial charge in [0, 0.05) is 40.9 Å². The first-order valence-corrected chi connectivity index (χ1v) is 9.70. The van der Waals surface area contributed by atoms with Gasteiger partial charge in [-0.25, -0.2) is 8.78 Å². The first-order chi connectivity index (χ1) is 13.8. The SMILES string of the molecule is CC(C)C1(c2ccc3[nH]c(C(=O)Nc4ccc(F)c(F)c4)cc3c2)CCC(=O)C1. The summed E-state index contributed by atoms with van der Waals surface area (Å²) < 4.78 is 26.4. The van der Waals surface area contributed by atoms with E-state index in [4.69, 9.17) is 0 Å². The molecule has 1 aliphatic rings. The average molecular weight is 396 g/mol. The molecule has 6 heteroatoms. The summed E-state index contributed by atoms with van der Waals surface area (Å²) in [4.78, 5) is 27.6. The van der Waals surface area contributed by atoms with Crippen molar-refractivity contribution < 1.29 is 18.4 Å². The standard InChI is InChI=1S/C23H22F2N2O2/c1-13(2)23(8-7-17(28)12-23)15-3-6-20-14(9-15)10-21(27-20)22(29)26-16-4-5-18(24)19(25)11-16/h3-6,9-11,13,27H,7-8,12H2,1-2H3,(H,26,29). The van der Waals surface area contributed by atoms with Crippen LogP contribution in [0.3, 0.4) is 0 Å². The minimum Gasteiger partial charge on any atom is -0.351 e. The van der Waals surface area contributed by atoms with E-state index in [1.165, 1.54) is 6.07 Å². The van der Waals surface area contributed by atoms with Crippen LogP contribution in [-0.2, 0) is 10.2 Å². The van der Waals surface area contributed by atoms with Crippen molar-refractivity contribution in [1.82, 2.24) is 4.98 Å². The molecule has 1 aliphatic carbocycles. The smallest absolute Gasteiger partial charge is 0.272 e. The second kappa shape index (κ2) is 7.10. The van der Waals surface area contributed by atoms with Crippen LogP contribution in [0.4, 0.5) is 14.5 Å². The monoisotopic (exact) mass is 396 g/mol. The fraction of sp³-hybridized carbons (Fsp3) is 0.304. The molecule has 29 heavy (non-hydrogen) atoms. The number of fused-ring (bicyclic) bond motifs is 1. The third-order valence-electron chi connectivity index (χ3n) is 6.09. The van der Waals surface area contributed by atoms with Gasteiger partial charge in [0.2, 0.25) is 0 Å². The number of aromatic amines is 1. The quantitative estimate of drug-likeness (QED) is 0.625. The van der Waals surface area contributed by atoms with Crippen LogP contribution in [0.1, 0.15) is 49.2 Å². The molecule has 1 aromatic heterocycles. The summed E-state index contributed by atoms with van der Waals surface area (Å²) in [5, 5.41) is 3.44. The van der Waals surface area contributed by atoms with E-state index in [-0.39, 0.29) is 11.1 Å². The van der Waals surface area contributed by atoms with E-state index in [1.807, 2.05) is 18.2 Å². The van der Waals surface area contributed by atoms with E-state index in [0.29, 0.717) is 30.2 Å². The van der Waals surface area contributed by atoms with Gasteiger partial charge in [0.1, 0.15) is 11.5 Å². The molecular formula is C23H22F2N2O2. The summed E-state index contributed by atoms with van der Waals surface area (Å²) in [6, 6.07) is 10.9. The van der Waals surface area contributed by atoms with Gasteiger partial charge in [0.05, 0.1) is 0 Å². The van der Waals surface area contributed by atoms with Crippen molar-refractivity contribution in [2.45, 2.75) is 38.5 Å². The molecule has 4 nitrogen and oxygen atoms in total. The number of carbonyl (C=O) groups is 2. The van der Waals surface area contributed by atoms with E-state index in [9.17, 15) is 18.4 Å². The Kier molecular flexibility index (Phi) is 4.73. The van der Waals surface area contributed by atoms with Gasteiger partial charge in [-0.1, -0.05) is 19.9 Å². The number of hydrogen-bond donors (Lipinski definition) is 2. The summed E-state index contributed by atoms with van der Waals surface area (Å²) in [7, 11) is 0. The Morgan fingerprint density at radius 2 is 1.90 bits per heavy atom. The highest BCUT2D eigenvalue weighted by Crippen LogP contribution is 2.45. The Morgan fingerprint density at radius 1 is 1.10 bits per heavy atom. The van der Waals surface area contributed by atoms with Gasteiger partial charge in [0.25, 0.3) is 5.91 Å². The van der Waals surface area contributed by atoms with Gasteiger partial charge in [0.15, 0.2) is 11.6 Å². The molecule has 1 atom stereocenters. The zero-order valence-electron chi connectivity index (χ0n) is 16.3. The third-order valence-corrected chi connectivity index (χ3v) is 6.09. The molecule has 1 amide bonds. The number of halogens is 2. The van der Waals surface area contributed by atoms with Gasteiger partial charge in [-0.2, -0.15) is 0 Å². The van der Waals surface area contributed by atoms with Crippen molar-refractivity contribution in [2.24, 2.45) is 5.92 Å². The fourth-order valence-corrected chi connectivity index (χ4v) is 4.30. The van der Waals surface area contributed by atoms with Crippen LogP contribution in [-0.4, -0.2) is 16.7 Å². The van der Waals surface area contributed by atoms with Crippen molar-refractivity contribution in [2.75, 3.05) is 5.32 Å². The predicted octanol–water partition coefficient (Wildman–Crippen LogP) is 5.35. The number of H-pyrrole nitrogens is 1. The summed E-state index contributed by atoms with van der Waals surface area (Å²) >= 11 is 0. The van der Waals surface area contributed by atoms with Gasteiger partial charge in [-0.3, -0.25) is 9.59 Å². The molecule has 1 saturated carbocycles. The van der Waals surface area contributed by atoms with Crippen LogP contribution in [0, 0.1) is 17.6 Å². The van der Waals surface area contributed by atoms with Crippen molar-refractivity contribution in [1.29, 1.82) is 0 Å². The molecule has 0 bridgehead atoms. The maximum atomic E-state index is 13.4. The number of Topliss-reactive ketones (excluding diaryl/α,β-unsaturated/α-hetero) is 1. The lowest BCUT2D eigenvalue weighted by Crippen LogP contribution is -2.29. The molecule has 0 spiro atoms. The second-order valence-corrected chi connectivity index (χ2v) is 8.09. The molecule has 1 heterocycles. The number of hydrogen-bond acceptors (Lipinski definition) is 2. The number of nitrogens with one attached hydrogen (secondary N) is 2. The predicted molar refractivity (Wildman–Crippen MR) is 108 cm³/mol. The topological polar surface area (TPSA) is 62.0 Å². The number of ketones is 1. The van der Waals surface area contributed by atoms with Crippen LogP contribution in [0.15, 0.2) is 42.5 Å². The lowest BCUT2D eigenvalue weighted by atomic mass is 9.70. The van der Waals surface area contributed by atoms with E-state index < -0.39 is 17.5 Å². The molecule has 1 unspecified atom stereocenters. The molecular weight excluding hydrogens is 374 g/mol. The summed E-state index contributed by atoms with van der Waals surface area (Å²) in [6.07, 6.45) is 1.98. The van der Waals surface area contributed by atoms with Crippen molar-refractivity contribution >= 4 is 28.3 Å². The van der Waals surface area contributed by atoms with E-state index in [0.717, 1.165) is 35.0 Å². The van der Waals surface area contributed by atoms with Crippen LogP contribution in [0.5, 0.6) is 0 Å². The summed E-state index contributed by atoms with van der Waals surface area (Å²) in [5.41, 5.74) is 2.24. The second-order valence-electron chi connectivity index (χ2n) is 8.09. The number of anilines is 1. The molecule has 0 radical (unpaired) electrons. The van der Waals surface area contributed by atoms with E-state index in [2.05, 4.69) is 24.1 Å². The van der Waals surface area contributed by atoms with E-state index >= 15 is 0 Å². The summed E-state index contributed by atoms with van der Waals surface area (Å²) in [6.45, 7) is 4.28. The minimum atomic E-state index is -1.02. The number of aromatic nitrogens is 1.